The van der Waals surface area contributed by atoms with Gasteiger partial charge in [-0.15, -0.1) is 0 Å². The Morgan fingerprint density at radius 2 is 2.07 bits per heavy atom. The minimum absolute atomic E-state index is 0.145. The normalized spacial score (nSPS) is 11.6. The first-order chi connectivity index (χ1) is 13.9. The summed E-state index contributed by atoms with van der Waals surface area (Å²) in [5, 5.41) is 21.1. The first kappa shape index (κ1) is 20.4. The Bertz CT molecular complexity index is 1100. The van der Waals surface area contributed by atoms with Crippen LogP contribution in [-0.2, 0) is 6.54 Å². The number of allylic oxidation sites excluding steroid dienone is 1. The molecule has 0 fully saturated rings. The molecule has 0 bridgehead atoms. The van der Waals surface area contributed by atoms with Crippen molar-refractivity contribution >= 4 is 23.7 Å². The van der Waals surface area contributed by atoms with E-state index in [-0.39, 0.29) is 11.9 Å². The standard InChI is InChI=1S/C21H21ClN6O/c1-14(2)12-27-9-7-20(26-27)21(29)24-15(3)13-28-8-6-19(25-28)16-4-5-17(11-23)18(22)10-16/h4-10,12,15H,13H2,1-3H3,(H,24,29)/t15-/m0/s1. The number of nitrogens with zero attached hydrogens (tertiary/aromatic N) is 5. The van der Waals surface area contributed by atoms with Crippen LogP contribution in [0, 0.1) is 11.3 Å². The molecule has 0 aliphatic carbocycles. The number of carbonyl (C=O) groups is 1. The van der Waals surface area contributed by atoms with Gasteiger partial charge in [-0.2, -0.15) is 15.5 Å². The smallest absolute Gasteiger partial charge is 0.272 e. The summed E-state index contributed by atoms with van der Waals surface area (Å²) in [6.45, 7) is 6.34. The van der Waals surface area contributed by atoms with Crippen LogP contribution in [0.25, 0.3) is 17.5 Å². The van der Waals surface area contributed by atoms with Gasteiger partial charge >= 0.3 is 0 Å². The molecule has 2 heterocycles. The van der Waals surface area contributed by atoms with Gasteiger partial charge in [-0.05, 0) is 45.0 Å². The number of carbonyl (C=O) groups excluding carboxylic acids is 1. The Kier molecular flexibility index (Phi) is 6.15. The molecule has 0 aliphatic rings. The summed E-state index contributed by atoms with van der Waals surface area (Å²) in [6, 6.07) is 10.7. The predicted molar refractivity (Wildman–Crippen MR) is 112 cm³/mol. The third-order valence-electron chi connectivity index (χ3n) is 4.10. The van der Waals surface area contributed by atoms with E-state index in [9.17, 15) is 4.79 Å². The number of hydrogen-bond donors (Lipinski definition) is 1. The average molecular weight is 409 g/mol. The van der Waals surface area contributed by atoms with Gasteiger partial charge in [0, 0.05) is 30.2 Å². The van der Waals surface area contributed by atoms with Crippen LogP contribution < -0.4 is 5.32 Å². The van der Waals surface area contributed by atoms with Crippen LogP contribution in [0.15, 0.2) is 48.3 Å². The maximum atomic E-state index is 12.4. The summed E-state index contributed by atoms with van der Waals surface area (Å²) in [5.74, 6) is -0.232. The zero-order valence-corrected chi connectivity index (χ0v) is 17.2. The molecule has 2 aromatic heterocycles. The van der Waals surface area contributed by atoms with Gasteiger partial charge in [0.15, 0.2) is 5.69 Å². The van der Waals surface area contributed by atoms with Gasteiger partial charge in [-0.25, -0.2) is 4.68 Å². The Labute approximate surface area is 174 Å². The van der Waals surface area contributed by atoms with Crippen molar-refractivity contribution < 1.29 is 4.79 Å². The molecule has 29 heavy (non-hydrogen) atoms. The molecule has 0 spiro atoms. The van der Waals surface area contributed by atoms with Crippen LogP contribution >= 0.6 is 11.6 Å². The van der Waals surface area contributed by atoms with E-state index in [4.69, 9.17) is 16.9 Å². The van der Waals surface area contributed by atoms with Crippen molar-refractivity contribution in [3.8, 4) is 17.3 Å². The number of halogens is 1. The van der Waals surface area contributed by atoms with Crippen molar-refractivity contribution in [1.29, 1.82) is 5.26 Å². The Balaban J connectivity index is 1.63. The molecule has 148 valence electrons. The maximum absolute atomic E-state index is 12.4. The van der Waals surface area contributed by atoms with E-state index < -0.39 is 0 Å². The number of nitrogens with one attached hydrogen (secondary N) is 1. The lowest BCUT2D eigenvalue weighted by Gasteiger charge is -2.13. The number of amides is 1. The van der Waals surface area contributed by atoms with Gasteiger partial charge in [0.25, 0.3) is 5.91 Å². The molecule has 8 heteroatoms. The lowest BCUT2D eigenvalue weighted by atomic mass is 10.1. The quantitative estimate of drug-likeness (QED) is 0.668. The SMILES string of the molecule is CC(C)=Cn1ccc(C(=O)N[C@@H](C)Cn2ccc(-c3ccc(C#N)c(Cl)c3)n2)n1. The molecule has 1 atom stereocenters. The van der Waals surface area contributed by atoms with Crippen LogP contribution in [0.1, 0.15) is 36.8 Å². The highest BCUT2D eigenvalue weighted by Crippen LogP contribution is 2.24. The van der Waals surface area contributed by atoms with Gasteiger partial charge in [0.05, 0.1) is 22.8 Å². The fraction of sp³-hybridized carbons (Fsp3) is 0.238. The molecule has 7 nitrogen and oxygen atoms in total. The van der Waals surface area contributed by atoms with E-state index in [1.807, 2.05) is 51.4 Å². The third kappa shape index (κ3) is 5.12. The maximum Gasteiger partial charge on any atom is 0.272 e. The van der Waals surface area contributed by atoms with Crippen molar-refractivity contribution in [2.24, 2.45) is 0 Å². The number of nitriles is 1. The molecule has 1 N–H and O–H groups in total. The summed E-state index contributed by atoms with van der Waals surface area (Å²) in [5.41, 5.74) is 3.46. The first-order valence-corrected chi connectivity index (χ1v) is 9.48. The fourth-order valence-corrected chi connectivity index (χ4v) is 3.02. The Morgan fingerprint density at radius 3 is 2.76 bits per heavy atom. The zero-order chi connectivity index (χ0) is 21.0. The van der Waals surface area contributed by atoms with Crippen LogP contribution in [0.2, 0.25) is 5.02 Å². The molecule has 0 radical (unpaired) electrons. The molecular weight excluding hydrogens is 388 g/mol. The van der Waals surface area contributed by atoms with Crippen molar-refractivity contribution in [1.82, 2.24) is 24.9 Å². The largest absolute Gasteiger partial charge is 0.346 e. The van der Waals surface area contributed by atoms with Crippen molar-refractivity contribution in [3.05, 3.63) is 64.6 Å². The summed E-state index contributed by atoms with van der Waals surface area (Å²) in [4.78, 5) is 12.4. The second-order valence-corrected chi connectivity index (χ2v) is 7.40. The number of rotatable bonds is 6. The van der Waals surface area contributed by atoms with E-state index in [1.165, 1.54) is 0 Å². The number of hydrogen-bond acceptors (Lipinski definition) is 4. The van der Waals surface area contributed by atoms with E-state index in [2.05, 4.69) is 15.5 Å². The van der Waals surface area contributed by atoms with E-state index in [0.717, 1.165) is 16.8 Å². The minimum atomic E-state index is -0.232. The topological polar surface area (TPSA) is 88.5 Å². The van der Waals surface area contributed by atoms with Gasteiger partial charge in [0.2, 0.25) is 0 Å². The Morgan fingerprint density at radius 1 is 1.28 bits per heavy atom. The second kappa shape index (κ2) is 8.76. The predicted octanol–water partition coefficient (Wildman–Crippen LogP) is 3.97. The molecule has 0 aliphatic heterocycles. The first-order valence-electron chi connectivity index (χ1n) is 9.10. The molecule has 3 rings (SSSR count). The van der Waals surface area contributed by atoms with Crippen LogP contribution in [-0.4, -0.2) is 31.5 Å². The molecular formula is C21H21ClN6O. The second-order valence-electron chi connectivity index (χ2n) is 6.99. The van der Waals surface area contributed by atoms with E-state index in [1.54, 1.807) is 33.8 Å². The highest BCUT2D eigenvalue weighted by atomic mass is 35.5. The van der Waals surface area contributed by atoms with Crippen molar-refractivity contribution in [2.45, 2.75) is 33.4 Å². The molecule has 3 aromatic rings. The van der Waals surface area contributed by atoms with Gasteiger partial charge < -0.3 is 5.32 Å². The van der Waals surface area contributed by atoms with Crippen LogP contribution in [0.3, 0.4) is 0 Å². The monoisotopic (exact) mass is 408 g/mol. The fourth-order valence-electron chi connectivity index (χ4n) is 2.80. The summed E-state index contributed by atoms with van der Waals surface area (Å²) >= 11 is 6.10. The van der Waals surface area contributed by atoms with E-state index in [0.29, 0.717) is 22.8 Å². The van der Waals surface area contributed by atoms with Crippen molar-refractivity contribution in [3.63, 3.8) is 0 Å². The average Bonchev–Trinajstić information content (AvgIpc) is 3.30. The lowest BCUT2D eigenvalue weighted by molar-refractivity contribution is 0.0930. The Hall–Kier alpha value is -3.37. The third-order valence-corrected chi connectivity index (χ3v) is 4.41. The van der Waals surface area contributed by atoms with Gasteiger partial charge in [0.1, 0.15) is 6.07 Å². The van der Waals surface area contributed by atoms with Crippen molar-refractivity contribution in [2.75, 3.05) is 0 Å². The van der Waals surface area contributed by atoms with E-state index >= 15 is 0 Å². The zero-order valence-electron chi connectivity index (χ0n) is 16.4. The van der Waals surface area contributed by atoms with Crippen LogP contribution in [0.5, 0.6) is 0 Å². The highest BCUT2D eigenvalue weighted by Gasteiger charge is 2.14. The lowest BCUT2D eigenvalue weighted by Crippen LogP contribution is -2.36. The van der Waals surface area contributed by atoms with Gasteiger partial charge in [-0.3, -0.25) is 9.48 Å². The number of aromatic nitrogens is 4. The summed E-state index contributed by atoms with van der Waals surface area (Å²) < 4.78 is 3.38. The number of benzene rings is 1. The van der Waals surface area contributed by atoms with Crippen LogP contribution in [0.4, 0.5) is 0 Å². The minimum Gasteiger partial charge on any atom is -0.346 e. The highest BCUT2D eigenvalue weighted by molar-refractivity contribution is 6.32. The molecule has 1 aromatic carbocycles. The molecule has 0 saturated heterocycles. The molecule has 0 unspecified atom stereocenters. The van der Waals surface area contributed by atoms with Gasteiger partial charge in [-0.1, -0.05) is 23.2 Å². The summed E-state index contributed by atoms with van der Waals surface area (Å²) in [7, 11) is 0. The summed E-state index contributed by atoms with van der Waals surface area (Å²) in [6.07, 6.45) is 5.43. The molecule has 0 saturated carbocycles. The molecule has 1 amide bonds.